The molecule has 0 heterocycles. The largest absolute Gasteiger partial charge is 0.494 e. The molecule has 2 rings (SSSR count). The van der Waals surface area contributed by atoms with Crippen molar-refractivity contribution in [3.8, 4) is 11.5 Å². The van der Waals surface area contributed by atoms with Crippen LogP contribution in [0.25, 0.3) is 12.2 Å². The Morgan fingerprint density at radius 1 is 0.288 bits per heavy atom. The van der Waals surface area contributed by atoms with Crippen molar-refractivity contribution in [1.29, 1.82) is 0 Å². The van der Waals surface area contributed by atoms with E-state index in [-0.39, 0.29) is 0 Å². The summed E-state index contributed by atoms with van der Waals surface area (Å²) in [7, 11) is 0. The highest BCUT2D eigenvalue weighted by atomic mass is 16.5. The average molecular weight is 717 g/mol. The molecule has 2 nitrogen and oxygen atoms in total. The maximum atomic E-state index is 6.02. The Kier molecular flexibility index (Phi) is 31.6. The maximum Gasteiger partial charge on any atom is 0.119 e. The SMILES string of the molecule is CCCCCCCCCCCCCCCCCCOc1ccc(/C=C/c2ccc(OCCCCCCCCCCCCCCCCCC)cc2)cc1. The fourth-order valence-electron chi connectivity index (χ4n) is 7.22. The Hall–Kier alpha value is -2.22. The van der Waals surface area contributed by atoms with Gasteiger partial charge in [0.15, 0.2) is 0 Å². The van der Waals surface area contributed by atoms with Crippen LogP contribution in [0.3, 0.4) is 0 Å². The molecule has 0 radical (unpaired) electrons. The molecule has 0 bridgehead atoms. The van der Waals surface area contributed by atoms with E-state index in [2.05, 4.69) is 74.5 Å². The van der Waals surface area contributed by atoms with Crippen molar-refractivity contribution in [2.75, 3.05) is 13.2 Å². The minimum atomic E-state index is 0.821. The lowest BCUT2D eigenvalue weighted by Crippen LogP contribution is -1.97. The van der Waals surface area contributed by atoms with Crippen LogP contribution in [0.15, 0.2) is 48.5 Å². The van der Waals surface area contributed by atoms with Crippen molar-refractivity contribution in [1.82, 2.24) is 0 Å². The first-order valence-corrected chi connectivity index (χ1v) is 23.0. The summed E-state index contributed by atoms with van der Waals surface area (Å²) in [5.74, 6) is 1.95. The second kappa shape index (κ2) is 35.8. The lowest BCUT2D eigenvalue weighted by Gasteiger charge is -2.07. The Morgan fingerprint density at radius 2 is 0.500 bits per heavy atom. The zero-order valence-electron chi connectivity index (χ0n) is 34.6. The van der Waals surface area contributed by atoms with Crippen molar-refractivity contribution in [3.63, 3.8) is 0 Å². The Bertz CT molecular complexity index is 940. The van der Waals surface area contributed by atoms with Crippen molar-refractivity contribution in [2.45, 2.75) is 219 Å². The highest BCUT2D eigenvalue weighted by Crippen LogP contribution is 2.19. The first kappa shape index (κ1) is 45.9. The van der Waals surface area contributed by atoms with Crippen molar-refractivity contribution < 1.29 is 9.47 Å². The quantitative estimate of drug-likeness (QED) is 0.0509. The molecule has 0 unspecified atom stereocenters. The van der Waals surface area contributed by atoms with Crippen LogP contribution in [-0.4, -0.2) is 13.2 Å². The minimum absolute atomic E-state index is 0.821. The number of ether oxygens (including phenoxy) is 2. The van der Waals surface area contributed by atoms with E-state index in [1.165, 1.54) is 204 Å². The molecular formula is C50H84O2. The molecular weight excluding hydrogens is 633 g/mol. The fourth-order valence-corrected chi connectivity index (χ4v) is 7.22. The fraction of sp³-hybridized carbons (Fsp3) is 0.720. The number of unbranched alkanes of at least 4 members (excludes halogenated alkanes) is 30. The summed E-state index contributed by atoms with van der Waals surface area (Å²) in [5, 5.41) is 0. The van der Waals surface area contributed by atoms with E-state index in [1.807, 2.05) is 0 Å². The molecule has 0 aliphatic carbocycles. The Morgan fingerprint density at radius 3 is 0.731 bits per heavy atom. The minimum Gasteiger partial charge on any atom is -0.494 e. The maximum absolute atomic E-state index is 6.02. The van der Waals surface area contributed by atoms with Gasteiger partial charge in [-0.2, -0.15) is 0 Å². The zero-order valence-corrected chi connectivity index (χ0v) is 34.6. The first-order valence-electron chi connectivity index (χ1n) is 23.0. The Labute approximate surface area is 324 Å². The summed E-state index contributed by atoms with van der Waals surface area (Å²) < 4.78 is 12.0. The second-order valence-electron chi connectivity index (χ2n) is 15.8. The van der Waals surface area contributed by atoms with Gasteiger partial charge >= 0.3 is 0 Å². The van der Waals surface area contributed by atoms with Crippen LogP contribution in [0.2, 0.25) is 0 Å². The molecule has 0 saturated carbocycles. The van der Waals surface area contributed by atoms with Gasteiger partial charge in [0.1, 0.15) is 11.5 Å². The molecule has 2 heteroatoms. The summed E-state index contributed by atoms with van der Waals surface area (Å²) >= 11 is 0. The van der Waals surface area contributed by atoms with Gasteiger partial charge in [0.25, 0.3) is 0 Å². The number of hydrogen-bond donors (Lipinski definition) is 0. The van der Waals surface area contributed by atoms with Crippen LogP contribution in [0.4, 0.5) is 0 Å². The molecule has 0 spiro atoms. The van der Waals surface area contributed by atoms with Gasteiger partial charge in [-0.15, -0.1) is 0 Å². The lowest BCUT2D eigenvalue weighted by atomic mass is 10.0. The number of benzene rings is 2. The highest BCUT2D eigenvalue weighted by Gasteiger charge is 1.99. The molecule has 296 valence electrons. The molecule has 2 aromatic carbocycles. The molecule has 0 aliphatic rings. The van der Waals surface area contributed by atoms with Crippen LogP contribution in [0.5, 0.6) is 11.5 Å². The van der Waals surface area contributed by atoms with Crippen LogP contribution < -0.4 is 9.47 Å². The smallest absolute Gasteiger partial charge is 0.119 e. The van der Waals surface area contributed by atoms with Gasteiger partial charge in [0.05, 0.1) is 13.2 Å². The second-order valence-corrected chi connectivity index (χ2v) is 15.8. The van der Waals surface area contributed by atoms with Crippen LogP contribution in [0.1, 0.15) is 230 Å². The van der Waals surface area contributed by atoms with Gasteiger partial charge in [-0.1, -0.05) is 243 Å². The number of rotatable bonds is 38. The molecule has 0 N–H and O–H groups in total. The summed E-state index contributed by atoms with van der Waals surface area (Å²) in [6.45, 7) is 6.24. The molecule has 0 aliphatic heterocycles. The van der Waals surface area contributed by atoms with Gasteiger partial charge in [0.2, 0.25) is 0 Å². The van der Waals surface area contributed by atoms with E-state index < -0.39 is 0 Å². The molecule has 0 atom stereocenters. The van der Waals surface area contributed by atoms with Crippen LogP contribution in [-0.2, 0) is 0 Å². The third kappa shape index (κ3) is 28.3. The van der Waals surface area contributed by atoms with Crippen molar-refractivity contribution >= 4 is 12.2 Å². The monoisotopic (exact) mass is 717 g/mol. The molecule has 0 aromatic heterocycles. The molecule has 0 fully saturated rings. The highest BCUT2D eigenvalue weighted by molar-refractivity contribution is 5.70. The number of hydrogen-bond acceptors (Lipinski definition) is 2. The lowest BCUT2D eigenvalue weighted by molar-refractivity contribution is 0.304. The van der Waals surface area contributed by atoms with Crippen molar-refractivity contribution in [2.24, 2.45) is 0 Å². The van der Waals surface area contributed by atoms with Gasteiger partial charge in [-0.25, -0.2) is 0 Å². The normalized spacial score (nSPS) is 11.5. The van der Waals surface area contributed by atoms with E-state index >= 15 is 0 Å². The first-order chi connectivity index (χ1) is 25.8. The van der Waals surface area contributed by atoms with E-state index in [0.29, 0.717) is 0 Å². The van der Waals surface area contributed by atoms with E-state index in [1.54, 1.807) is 0 Å². The van der Waals surface area contributed by atoms with Crippen LogP contribution >= 0.6 is 0 Å². The Balaban J connectivity index is 1.38. The van der Waals surface area contributed by atoms with Gasteiger partial charge in [-0.05, 0) is 48.2 Å². The van der Waals surface area contributed by atoms with Gasteiger partial charge in [-0.3, -0.25) is 0 Å². The topological polar surface area (TPSA) is 18.5 Å². The zero-order chi connectivity index (χ0) is 36.8. The van der Waals surface area contributed by atoms with E-state index in [4.69, 9.17) is 9.47 Å². The van der Waals surface area contributed by atoms with Gasteiger partial charge < -0.3 is 9.47 Å². The predicted molar refractivity (Wildman–Crippen MR) is 232 cm³/mol. The molecule has 0 saturated heterocycles. The molecule has 52 heavy (non-hydrogen) atoms. The van der Waals surface area contributed by atoms with Crippen LogP contribution in [0, 0.1) is 0 Å². The summed E-state index contributed by atoms with van der Waals surface area (Å²) in [6, 6.07) is 17.0. The van der Waals surface area contributed by atoms with E-state index in [9.17, 15) is 0 Å². The third-order valence-electron chi connectivity index (χ3n) is 10.8. The van der Waals surface area contributed by atoms with E-state index in [0.717, 1.165) is 37.6 Å². The summed E-state index contributed by atoms with van der Waals surface area (Å²) in [5.41, 5.74) is 2.39. The summed E-state index contributed by atoms with van der Waals surface area (Å²) in [4.78, 5) is 0. The average Bonchev–Trinajstić information content (AvgIpc) is 3.17. The molecule has 2 aromatic rings. The predicted octanol–water partition coefficient (Wildman–Crippen LogP) is 17.1. The molecule has 0 amide bonds. The standard InChI is InChI=1S/C50H84O2/c1-3-5-7-9-11-13-15-17-19-21-23-25-27-29-31-33-45-51-49-41-37-47(38-42-49)35-36-48-39-43-50(44-40-48)52-46-34-32-30-28-26-24-22-20-18-16-14-12-10-8-6-4-2/h35-44H,3-34,45-46H2,1-2H3/b36-35+. The third-order valence-corrected chi connectivity index (χ3v) is 10.8. The van der Waals surface area contributed by atoms with Crippen molar-refractivity contribution in [3.05, 3.63) is 59.7 Å². The van der Waals surface area contributed by atoms with Gasteiger partial charge in [0, 0.05) is 0 Å². The summed E-state index contributed by atoms with van der Waals surface area (Å²) in [6.07, 6.45) is 49.1.